The Morgan fingerprint density at radius 3 is 2.64 bits per heavy atom. The van der Waals surface area contributed by atoms with Crippen molar-refractivity contribution >= 4 is 5.97 Å². The van der Waals surface area contributed by atoms with Crippen LogP contribution in [0.5, 0.6) is 0 Å². The lowest BCUT2D eigenvalue weighted by Crippen LogP contribution is -2.52. The summed E-state index contributed by atoms with van der Waals surface area (Å²) in [4.78, 5) is 11.5. The average Bonchev–Trinajstić information content (AvgIpc) is 3.00. The van der Waals surface area contributed by atoms with Crippen molar-refractivity contribution in [3.63, 3.8) is 0 Å². The predicted octanol–water partition coefficient (Wildman–Crippen LogP) is 1.46. The first-order chi connectivity index (χ1) is 6.65. The van der Waals surface area contributed by atoms with Crippen LogP contribution in [-0.2, 0) is 9.53 Å². The summed E-state index contributed by atoms with van der Waals surface area (Å²) in [5, 5.41) is 0. The molecule has 0 amide bonds. The molecule has 0 aromatic carbocycles. The van der Waals surface area contributed by atoms with Crippen LogP contribution < -0.4 is 5.73 Å². The van der Waals surface area contributed by atoms with Crippen molar-refractivity contribution in [2.75, 3.05) is 7.11 Å². The third-order valence-electron chi connectivity index (χ3n) is 3.70. The van der Waals surface area contributed by atoms with Crippen LogP contribution in [0.15, 0.2) is 0 Å². The van der Waals surface area contributed by atoms with Gasteiger partial charge in [0.05, 0.1) is 7.11 Å². The van der Waals surface area contributed by atoms with Crippen molar-refractivity contribution in [1.82, 2.24) is 0 Å². The van der Waals surface area contributed by atoms with Gasteiger partial charge in [-0.1, -0.05) is 12.8 Å². The summed E-state index contributed by atoms with van der Waals surface area (Å²) in [6.07, 6.45) is 6.63. The molecule has 0 saturated heterocycles. The molecule has 0 spiro atoms. The molecule has 0 aromatic heterocycles. The maximum atomic E-state index is 11.5. The molecule has 80 valence electrons. The topological polar surface area (TPSA) is 52.3 Å². The van der Waals surface area contributed by atoms with Gasteiger partial charge in [0.15, 0.2) is 0 Å². The highest BCUT2D eigenvalue weighted by Gasteiger charge is 2.44. The third kappa shape index (κ3) is 1.78. The van der Waals surface area contributed by atoms with E-state index in [9.17, 15) is 4.79 Å². The second kappa shape index (κ2) is 3.54. The van der Waals surface area contributed by atoms with Gasteiger partial charge in [-0.25, -0.2) is 0 Å². The van der Waals surface area contributed by atoms with E-state index in [4.69, 9.17) is 10.5 Å². The van der Waals surface area contributed by atoms with E-state index in [0.29, 0.717) is 5.92 Å². The second-order valence-corrected chi connectivity index (χ2v) is 4.84. The van der Waals surface area contributed by atoms with E-state index in [-0.39, 0.29) is 5.97 Å². The lowest BCUT2D eigenvalue weighted by atomic mass is 9.74. The molecular formula is C11H19NO2. The van der Waals surface area contributed by atoms with Gasteiger partial charge in [0.1, 0.15) is 5.54 Å². The van der Waals surface area contributed by atoms with Crippen LogP contribution >= 0.6 is 0 Å². The zero-order valence-corrected chi connectivity index (χ0v) is 8.79. The quantitative estimate of drug-likeness (QED) is 0.682. The van der Waals surface area contributed by atoms with Gasteiger partial charge in [-0.2, -0.15) is 0 Å². The third-order valence-corrected chi connectivity index (χ3v) is 3.70. The van der Waals surface area contributed by atoms with E-state index >= 15 is 0 Å². The number of hydrogen-bond acceptors (Lipinski definition) is 3. The second-order valence-electron chi connectivity index (χ2n) is 4.84. The van der Waals surface area contributed by atoms with E-state index in [1.807, 2.05) is 0 Å². The largest absolute Gasteiger partial charge is 0.468 e. The van der Waals surface area contributed by atoms with E-state index in [2.05, 4.69) is 0 Å². The summed E-state index contributed by atoms with van der Waals surface area (Å²) in [5.74, 6) is 1.30. The Bertz CT molecular complexity index is 237. The van der Waals surface area contributed by atoms with Crippen molar-refractivity contribution in [3.05, 3.63) is 0 Å². The summed E-state index contributed by atoms with van der Waals surface area (Å²) in [7, 11) is 1.43. The number of carbonyl (C=O) groups is 1. The normalized spacial score (nSPS) is 38.0. The Morgan fingerprint density at radius 2 is 2.07 bits per heavy atom. The molecule has 0 aromatic rings. The van der Waals surface area contributed by atoms with Gasteiger partial charge >= 0.3 is 5.97 Å². The number of nitrogens with two attached hydrogens (primary N) is 1. The maximum absolute atomic E-state index is 11.5. The zero-order valence-electron chi connectivity index (χ0n) is 8.79. The molecule has 2 aliphatic carbocycles. The van der Waals surface area contributed by atoms with E-state index in [1.54, 1.807) is 0 Å². The van der Waals surface area contributed by atoms with Crippen molar-refractivity contribution in [2.45, 2.75) is 44.1 Å². The van der Waals surface area contributed by atoms with Crippen LogP contribution in [0.25, 0.3) is 0 Å². The highest BCUT2D eigenvalue weighted by molar-refractivity contribution is 5.80. The van der Waals surface area contributed by atoms with Gasteiger partial charge in [-0.3, -0.25) is 4.79 Å². The number of methoxy groups -OCH3 is 1. The average molecular weight is 197 g/mol. The molecule has 2 rings (SSSR count). The molecule has 3 nitrogen and oxygen atoms in total. The lowest BCUT2D eigenvalue weighted by Gasteiger charge is -2.35. The molecule has 0 unspecified atom stereocenters. The fourth-order valence-electron chi connectivity index (χ4n) is 2.71. The molecule has 2 atom stereocenters. The first-order valence-electron chi connectivity index (χ1n) is 5.53. The highest BCUT2D eigenvalue weighted by atomic mass is 16.5. The number of rotatable bonds is 2. The first kappa shape index (κ1) is 9.97. The van der Waals surface area contributed by atoms with Crippen LogP contribution in [0.3, 0.4) is 0 Å². The molecule has 2 aliphatic rings. The molecule has 0 heterocycles. The molecular weight excluding hydrogens is 178 g/mol. The number of ether oxygens (including phenoxy) is 1. The summed E-state index contributed by atoms with van der Waals surface area (Å²) >= 11 is 0. The summed E-state index contributed by atoms with van der Waals surface area (Å²) in [6, 6.07) is 0. The Kier molecular flexibility index (Phi) is 2.52. The monoisotopic (exact) mass is 197 g/mol. The van der Waals surface area contributed by atoms with Crippen LogP contribution in [0.1, 0.15) is 38.5 Å². The number of carbonyl (C=O) groups excluding carboxylic acids is 1. The van der Waals surface area contributed by atoms with Crippen LogP contribution in [0.2, 0.25) is 0 Å². The SMILES string of the molecule is COC(=O)[C@]1(N)CCC[C@H](C2CC2)C1. The fourth-order valence-corrected chi connectivity index (χ4v) is 2.71. The minimum Gasteiger partial charge on any atom is -0.468 e. The Balaban J connectivity index is 2.00. The van der Waals surface area contributed by atoms with Crippen molar-refractivity contribution in [3.8, 4) is 0 Å². The van der Waals surface area contributed by atoms with E-state index < -0.39 is 5.54 Å². The van der Waals surface area contributed by atoms with Crippen LogP contribution in [0.4, 0.5) is 0 Å². The molecule has 0 aliphatic heterocycles. The van der Waals surface area contributed by atoms with E-state index in [1.165, 1.54) is 26.4 Å². The zero-order chi connectivity index (χ0) is 10.2. The van der Waals surface area contributed by atoms with Gasteiger partial charge < -0.3 is 10.5 Å². The lowest BCUT2D eigenvalue weighted by molar-refractivity contribution is -0.149. The Labute approximate surface area is 85.0 Å². The minimum absolute atomic E-state index is 0.220. The predicted molar refractivity (Wildman–Crippen MR) is 53.6 cm³/mol. The smallest absolute Gasteiger partial charge is 0.325 e. The standard InChI is InChI=1S/C11H19NO2/c1-14-10(13)11(12)6-2-3-9(7-11)8-4-5-8/h8-9H,2-7,12H2,1H3/t9-,11-/m0/s1. The van der Waals surface area contributed by atoms with Gasteiger partial charge in [-0.15, -0.1) is 0 Å². The summed E-state index contributed by atoms with van der Waals surface area (Å²) in [5.41, 5.74) is 5.41. The maximum Gasteiger partial charge on any atom is 0.325 e. The van der Waals surface area contributed by atoms with Gasteiger partial charge in [0, 0.05) is 0 Å². The van der Waals surface area contributed by atoms with Crippen molar-refractivity contribution in [2.24, 2.45) is 17.6 Å². The van der Waals surface area contributed by atoms with Gasteiger partial charge in [0.2, 0.25) is 0 Å². The fraction of sp³-hybridized carbons (Fsp3) is 0.909. The first-order valence-corrected chi connectivity index (χ1v) is 5.53. The highest BCUT2D eigenvalue weighted by Crippen LogP contribution is 2.46. The Hall–Kier alpha value is -0.570. The van der Waals surface area contributed by atoms with E-state index in [0.717, 1.165) is 25.2 Å². The molecule has 0 radical (unpaired) electrons. The van der Waals surface area contributed by atoms with Crippen LogP contribution in [-0.4, -0.2) is 18.6 Å². The molecule has 2 fully saturated rings. The summed E-state index contributed by atoms with van der Waals surface area (Å²) in [6.45, 7) is 0. The minimum atomic E-state index is -0.680. The van der Waals surface area contributed by atoms with Crippen molar-refractivity contribution < 1.29 is 9.53 Å². The van der Waals surface area contributed by atoms with Crippen molar-refractivity contribution in [1.29, 1.82) is 0 Å². The molecule has 14 heavy (non-hydrogen) atoms. The van der Waals surface area contributed by atoms with Crippen LogP contribution in [0, 0.1) is 11.8 Å². The number of esters is 1. The molecule has 3 heteroatoms. The molecule has 0 bridgehead atoms. The Morgan fingerprint density at radius 1 is 1.36 bits per heavy atom. The van der Waals surface area contributed by atoms with Gasteiger partial charge in [-0.05, 0) is 37.5 Å². The summed E-state index contributed by atoms with van der Waals surface area (Å²) < 4.78 is 4.78. The van der Waals surface area contributed by atoms with Gasteiger partial charge in [0.25, 0.3) is 0 Å². The molecule has 2 N–H and O–H groups in total. The molecule has 2 saturated carbocycles. The number of hydrogen-bond donors (Lipinski definition) is 1.